The summed E-state index contributed by atoms with van der Waals surface area (Å²) in [6, 6.07) is 9.69. The summed E-state index contributed by atoms with van der Waals surface area (Å²) in [5, 5.41) is 7.87. The van der Waals surface area contributed by atoms with Crippen molar-refractivity contribution in [2.24, 2.45) is 4.99 Å². The highest BCUT2D eigenvalue weighted by Crippen LogP contribution is 2.35. The van der Waals surface area contributed by atoms with Gasteiger partial charge in [-0.05, 0) is 25.1 Å². The SMILES string of the molecule is CNc1cc2c(cn1)-c1c(C)noc1CN=C2c1ccc(Cl)cc1. The second-order valence-corrected chi connectivity index (χ2v) is 6.04. The van der Waals surface area contributed by atoms with Gasteiger partial charge in [0.05, 0.1) is 17.0 Å². The van der Waals surface area contributed by atoms with Crippen LogP contribution in [0.3, 0.4) is 0 Å². The number of benzene rings is 1. The van der Waals surface area contributed by atoms with Crippen molar-refractivity contribution < 1.29 is 4.52 Å². The maximum atomic E-state index is 6.02. The average molecular weight is 339 g/mol. The Hall–Kier alpha value is -2.66. The molecule has 0 spiro atoms. The topological polar surface area (TPSA) is 63.3 Å². The molecule has 1 aliphatic heterocycles. The van der Waals surface area contributed by atoms with Crippen LogP contribution < -0.4 is 5.32 Å². The standard InChI is InChI=1S/C18H15ClN4O/c1-10-17-14-8-21-16(20-2)7-13(14)18(22-9-15(17)24-23-10)11-3-5-12(19)6-4-11/h3-8H,9H2,1-2H3,(H,20,21). The van der Waals surface area contributed by atoms with E-state index in [1.54, 1.807) is 0 Å². The Labute approximate surface area is 144 Å². The van der Waals surface area contributed by atoms with Crippen LogP contribution in [0.15, 0.2) is 46.0 Å². The molecule has 0 saturated carbocycles. The molecule has 0 radical (unpaired) electrons. The fourth-order valence-electron chi connectivity index (χ4n) is 2.95. The average Bonchev–Trinajstić information content (AvgIpc) is 2.88. The lowest BCUT2D eigenvalue weighted by Crippen LogP contribution is -2.06. The second kappa shape index (κ2) is 5.76. The third-order valence-corrected chi connectivity index (χ3v) is 4.37. The first-order valence-electron chi connectivity index (χ1n) is 7.61. The van der Waals surface area contributed by atoms with Crippen molar-refractivity contribution in [3.8, 4) is 11.1 Å². The van der Waals surface area contributed by atoms with E-state index < -0.39 is 0 Å². The maximum Gasteiger partial charge on any atom is 0.166 e. The molecular formula is C18H15ClN4O. The number of rotatable bonds is 2. The molecule has 1 aliphatic rings. The molecule has 0 amide bonds. The number of halogens is 1. The van der Waals surface area contributed by atoms with Crippen LogP contribution in [-0.4, -0.2) is 22.9 Å². The van der Waals surface area contributed by atoms with E-state index in [1.807, 2.05) is 50.5 Å². The van der Waals surface area contributed by atoms with Crippen LogP contribution in [0.25, 0.3) is 11.1 Å². The van der Waals surface area contributed by atoms with Crippen molar-refractivity contribution >= 4 is 23.1 Å². The van der Waals surface area contributed by atoms with Crippen molar-refractivity contribution in [1.29, 1.82) is 0 Å². The molecule has 3 heterocycles. The predicted octanol–water partition coefficient (Wildman–Crippen LogP) is 4.09. The highest BCUT2D eigenvalue weighted by molar-refractivity contribution is 6.30. The molecule has 3 aromatic rings. The van der Waals surface area contributed by atoms with Gasteiger partial charge in [-0.25, -0.2) is 4.98 Å². The van der Waals surface area contributed by atoms with Crippen LogP contribution in [0, 0.1) is 6.92 Å². The van der Waals surface area contributed by atoms with Crippen molar-refractivity contribution in [2.75, 3.05) is 12.4 Å². The lowest BCUT2D eigenvalue weighted by atomic mass is 9.95. The fourth-order valence-corrected chi connectivity index (χ4v) is 3.07. The molecule has 0 aliphatic carbocycles. The van der Waals surface area contributed by atoms with E-state index in [0.717, 1.165) is 45.2 Å². The molecule has 6 heteroatoms. The zero-order chi connectivity index (χ0) is 16.7. The van der Waals surface area contributed by atoms with Gasteiger partial charge in [-0.3, -0.25) is 4.99 Å². The minimum atomic E-state index is 0.442. The monoisotopic (exact) mass is 338 g/mol. The van der Waals surface area contributed by atoms with Crippen molar-refractivity contribution in [3.63, 3.8) is 0 Å². The Bertz CT molecular complexity index is 944. The van der Waals surface area contributed by atoms with E-state index in [2.05, 4.69) is 15.5 Å². The molecular weight excluding hydrogens is 324 g/mol. The van der Waals surface area contributed by atoms with Gasteiger partial charge in [0.1, 0.15) is 12.4 Å². The van der Waals surface area contributed by atoms with Crippen LogP contribution >= 0.6 is 11.6 Å². The quantitative estimate of drug-likeness (QED) is 0.764. The molecule has 0 unspecified atom stereocenters. The van der Waals surface area contributed by atoms with Crippen LogP contribution in [0.5, 0.6) is 0 Å². The van der Waals surface area contributed by atoms with E-state index in [0.29, 0.717) is 11.6 Å². The van der Waals surface area contributed by atoms with Gasteiger partial charge < -0.3 is 9.84 Å². The van der Waals surface area contributed by atoms with E-state index >= 15 is 0 Å². The first-order valence-corrected chi connectivity index (χ1v) is 7.99. The highest BCUT2D eigenvalue weighted by atomic mass is 35.5. The molecule has 5 nitrogen and oxygen atoms in total. The smallest absolute Gasteiger partial charge is 0.166 e. The summed E-state index contributed by atoms with van der Waals surface area (Å²) in [6.45, 7) is 2.38. The molecule has 0 atom stereocenters. The van der Waals surface area contributed by atoms with Gasteiger partial charge in [0.2, 0.25) is 0 Å². The van der Waals surface area contributed by atoms with Gasteiger partial charge in [-0.1, -0.05) is 28.9 Å². The Morgan fingerprint density at radius 1 is 1.17 bits per heavy atom. The van der Waals surface area contributed by atoms with Gasteiger partial charge in [-0.2, -0.15) is 0 Å². The molecule has 4 rings (SSSR count). The molecule has 0 fully saturated rings. The Morgan fingerprint density at radius 2 is 1.96 bits per heavy atom. The summed E-state index contributed by atoms with van der Waals surface area (Å²) in [4.78, 5) is 9.24. The number of aromatic nitrogens is 2. The number of nitrogens with zero attached hydrogens (tertiary/aromatic N) is 3. The minimum absolute atomic E-state index is 0.442. The minimum Gasteiger partial charge on any atom is -0.373 e. The number of hydrogen-bond donors (Lipinski definition) is 1. The Kier molecular flexibility index (Phi) is 3.58. The number of fused-ring (bicyclic) bond motifs is 3. The van der Waals surface area contributed by atoms with E-state index in [1.165, 1.54) is 0 Å². The van der Waals surface area contributed by atoms with Crippen molar-refractivity contribution in [1.82, 2.24) is 10.1 Å². The second-order valence-electron chi connectivity index (χ2n) is 5.60. The van der Waals surface area contributed by atoms with E-state index in [-0.39, 0.29) is 0 Å². The first-order chi connectivity index (χ1) is 11.7. The molecule has 120 valence electrons. The number of aliphatic imine (C=N–C) groups is 1. The lowest BCUT2D eigenvalue weighted by molar-refractivity contribution is 0.382. The summed E-state index contributed by atoms with van der Waals surface area (Å²) < 4.78 is 5.46. The van der Waals surface area contributed by atoms with Crippen LogP contribution in [-0.2, 0) is 6.54 Å². The molecule has 1 N–H and O–H groups in total. The molecule has 0 bridgehead atoms. The summed E-state index contributed by atoms with van der Waals surface area (Å²) in [7, 11) is 1.85. The van der Waals surface area contributed by atoms with Gasteiger partial charge in [0.25, 0.3) is 0 Å². The van der Waals surface area contributed by atoms with Crippen molar-refractivity contribution in [2.45, 2.75) is 13.5 Å². The molecule has 0 saturated heterocycles. The third-order valence-electron chi connectivity index (χ3n) is 4.12. The van der Waals surface area contributed by atoms with E-state index in [9.17, 15) is 0 Å². The zero-order valence-electron chi connectivity index (χ0n) is 13.3. The van der Waals surface area contributed by atoms with Crippen molar-refractivity contribution in [3.05, 3.63) is 64.1 Å². The fraction of sp³-hybridized carbons (Fsp3) is 0.167. The van der Waals surface area contributed by atoms with Gasteiger partial charge in [0.15, 0.2) is 5.76 Å². The number of anilines is 1. The normalized spacial score (nSPS) is 12.9. The number of hydrogen-bond acceptors (Lipinski definition) is 5. The molecule has 24 heavy (non-hydrogen) atoms. The number of nitrogens with one attached hydrogen (secondary N) is 1. The van der Waals surface area contributed by atoms with Gasteiger partial charge >= 0.3 is 0 Å². The Morgan fingerprint density at radius 3 is 2.71 bits per heavy atom. The summed E-state index contributed by atoms with van der Waals surface area (Å²) in [6.07, 6.45) is 1.85. The Balaban J connectivity index is 1.97. The summed E-state index contributed by atoms with van der Waals surface area (Å²) in [5.74, 6) is 1.55. The van der Waals surface area contributed by atoms with Gasteiger partial charge in [0, 0.05) is 35.0 Å². The highest BCUT2D eigenvalue weighted by Gasteiger charge is 2.24. The van der Waals surface area contributed by atoms with Crippen LogP contribution in [0.4, 0.5) is 5.82 Å². The lowest BCUT2D eigenvalue weighted by Gasteiger charge is -2.12. The molecule has 2 aromatic heterocycles. The van der Waals surface area contributed by atoms with Gasteiger partial charge in [-0.15, -0.1) is 0 Å². The maximum absolute atomic E-state index is 6.02. The third kappa shape index (κ3) is 2.37. The number of aryl methyl sites for hydroxylation is 1. The largest absolute Gasteiger partial charge is 0.373 e. The molecule has 1 aromatic carbocycles. The summed E-state index contributed by atoms with van der Waals surface area (Å²) >= 11 is 6.02. The van der Waals surface area contributed by atoms with E-state index in [4.69, 9.17) is 21.1 Å². The zero-order valence-corrected chi connectivity index (χ0v) is 14.1. The van der Waals surface area contributed by atoms with Crippen LogP contribution in [0.1, 0.15) is 22.6 Å². The predicted molar refractivity (Wildman–Crippen MR) is 94.8 cm³/mol. The number of pyridine rings is 1. The first kappa shape index (κ1) is 14.9. The van der Waals surface area contributed by atoms with Crippen LogP contribution in [0.2, 0.25) is 5.02 Å². The summed E-state index contributed by atoms with van der Waals surface area (Å²) in [5.41, 5.74) is 5.71.